The van der Waals surface area contributed by atoms with Crippen molar-refractivity contribution in [2.75, 3.05) is 26.7 Å². The molecule has 0 amide bonds. The topological polar surface area (TPSA) is 15.3 Å². The number of nitrogens with zero attached hydrogens (tertiary/aromatic N) is 1. The molecule has 0 spiro atoms. The lowest BCUT2D eigenvalue weighted by Gasteiger charge is -2.33. The van der Waals surface area contributed by atoms with Crippen LogP contribution in [-0.4, -0.2) is 31.6 Å². The molecule has 2 atom stereocenters. The van der Waals surface area contributed by atoms with Crippen LogP contribution in [0.4, 0.5) is 4.39 Å². The van der Waals surface area contributed by atoms with Crippen molar-refractivity contribution >= 4 is 0 Å². The quantitative estimate of drug-likeness (QED) is 0.783. The van der Waals surface area contributed by atoms with E-state index in [-0.39, 0.29) is 11.9 Å². The van der Waals surface area contributed by atoms with Gasteiger partial charge in [0.1, 0.15) is 5.82 Å². The molecule has 0 aromatic heterocycles. The predicted octanol–water partition coefficient (Wildman–Crippen LogP) is 3.84. The van der Waals surface area contributed by atoms with Gasteiger partial charge in [-0.1, -0.05) is 38.5 Å². The van der Waals surface area contributed by atoms with Gasteiger partial charge in [0, 0.05) is 24.7 Å². The largest absolute Gasteiger partial charge is 0.310 e. The second-order valence-electron chi connectivity index (χ2n) is 6.55. The van der Waals surface area contributed by atoms with E-state index in [1.807, 2.05) is 12.1 Å². The Labute approximate surface area is 128 Å². The third kappa shape index (κ3) is 4.52. The molecule has 1 aromatic rings. The summed E-state index contributed by atoms with van der Waals surface area (Å²) in [5.41, 5.74) is 0.795. The van der Waals surface area contributed by atoms with Gasteiger partial charge in [-0.3, -0.25) is 0 Å². The SMILES string of the molecule is CCNC(c1ccccc1F)C(C)CN(C)CC1CCC1. The first-order valence-electron chi connectivity index (χ1n) is 8.28. The number of halogens is 1. The molecule has 0 heterocycles. The van der Waals surface area contributed by atoms with Gasteiger partial charge in [-0.2, -0.15) is 0 Å². The lowest BCUT2D eigenvalue weighted by atomic mass is 9.85. The first-order valence-corrected chi connectivity index (χ1v) is 8.28. The molecule has 21 heavy (non-hydrogen) atoms. The molecular formula is C18H29FN2. The van der Waals surface area contributed by atoms with E-state index in [1.54, 1.807) is 12.1 Å². The molecular weight excluding hydrogens is 263 g/mol. The fourth-order valence-corrected chi connectivity index (χ4v) is 3.35. The van der Waals surface area contributed by atoms with Crippen molar-refractivity contribution in [3.8, 4) is 0 Å². The lowest BCUT2D eigenvalue weighted by molar-refractivity contribution is 0.175. The van der Waals surface area contributed by atoms with E-state index in [9.17, 15) is 4.39 Å². The van der Waals surface area contributed by atoms with Crippen LogP contribution in [0.2, 0.25) is 0 Å². The van der Waals surface area contributed by atoms with E-state index < -0.39 is 0 Å². The number of hydrogen-bond acceptors (Lipinski definition) is 2. The minimum atomic E-state index is -0.100. The van der Waals surface area contributed by atoms with Gasteiger partial charge in [0.2, 0.25) is 0 Å². The Bertz CT molecular complexity index is 431. The molecule has 2 unspecified atom stereocenters. The zero-order chi connectivity index (χ0) is 15.2. The Morgan fingerprint density at radius 2 is 2.05 bits per heavy atom. The maximum Gasteiger partial charge on any atom is 0.127 e. The summed E-state index contributed by atoms with van der Waals surface area (Å²) in [4.78, 5) is 2.42. The van der Waals surface area contributed by atoms with Crippen LogP contribution in [0.3, 0.4) is 0 Å². The van der Waals surface area contributed by atoms with Crippen molar-refractivity contribution in [2.45, 2.75) is 39.2 Å². The first kappa shape index (κ1) is 16.4. The standard InChI is InChI=1S/C18H29FN2/c1-4-20-18(16-10-5-6-11-17(16)19)14(2)12-21(3)13-15-8-7-9-15/h5-6,10-11,14-15,18,20H,4,7-9,12-13H2,1-3H3. The Hall–Kier alpha value is -0.930. The van der Waals surface area contributed by atoms with Crippen molar-refractivity contribution in [3.63, 3.8) is 0 Å². The normalized spacial score (nSPS) is 18.5. The maximum atomic E-state index is 14.1. The molecule has 2 nitrogen and oxygen atoms in total. The van der Waals surface area contributed by atoms with Gasteiger partial charge < -0.3 is 10.2 Å². The molecule has 1 aromatic carbocycles. The summed E-state index contributed by atoms with van der Waals surface area (Å²) in [7, 11) is 2.19. The highest BCUT2D eigenvalue weighted by Crippen LogP contribution is 2.28. The zero-order valence-corrected chi connectivity index (χ0v) is 13.6. The first-order chi connectivity index (χ1) is 10.1. The fraction of sp³-hybridized carbons (Fsp3) is 0.667. The van der Waals surface area contributed by atoms with Crippen LogP contribution in [-0.2, 0) is 0 Å². The smallest absolute Gasteiger partial charge is 0.127 e. The highest BCUT2D eigenvalue weighted by atomic mass is 19.1. The molecule has 0 saturated heterocycles. The van der Waals surface area contributed by atoms with Gasteiger partial charge in [-0.15, -0.1) is 0 Å². The van der Waals surface area contributed by atoms with Crippen LogP contribution in [0.5, 0.6) is 0 Å². The molecule has 0 bridgehead atoms. The van der Waals surface area contributed by atoms with Crippen LogP contribution in [0, 0.1) is 17.7 Å². The minimum absolute atomic E-state index is 0.0834. The number of hydrogen-bond donors (Lipinski definition) is 1. The van der Waals surface area contributed by atoms with Crippen LogP contribution in [0.25, 0.3) is 0 Å². The summed E-state index contributed by atoms with van der Waals surface area (Å²) in [5, 5.41) is 3.46. The molecule has 1 N–H and O–H groups in total. The number of benzene rings is 1. The van der Waals surface area contributed by atoms with Crippen molar-refractivity contribution in [1.82, 2.24) is 10.2 Å². The number of rotatable bonds is 8. The van der Waals surface area contributed by atoms with Crippen LogP contribution in [0.15, 0.2) is 24.3 Å². The third-order valence-electron chi connectivity index (χ3n) is 4.63. The highest BCUT2D eigenvalue weighted by molar-refractivity contribution is 5.22. The summed E-state index contributed by atoms with van der Waals surface area (Å²) in [6, 6.07) is 7.23. The Morgan fingerprint density at radius 1 is 1.33 bits per heavy atom. The van der Waals surface area contributed by atoms with Gasteiger partial charge >= 0.3 is 0 Å². The minimum Gasteiger partial charge on any atom is -0.310 e. The molecule has 1 aliphatic rings. The Balaban J connectivity index is 1.97. The van der Waals surface area contributed by atoms with Gasteiger partial charge in [-0.25, -0.2) is 4.39 Å². The fourth-order valence-electron chi connectivity index (χ4n) is 3.35. The van der Waals surface area contributed by atoms with Gasteiger partial charge in [0.05, 0.1) is 0 Å². The molecule has 0 aliphatic heterocycles. The predicted molar refractivity (Wildman–Crippen MR) is 86.8 cm³/mol. The molecule has 3 heteroatoms. The monoisotopic (exact) mass is 292 g/mol. The molecule has 1 aliphatic carbocycles. The second kappa shape index (κ2) is 7.90. The summed E-state index contributed by atoms with van der Waals surface area (Å²) >= 11 is 0. The number of nitrogens with one attached hydrogen (secondary N) is 1. The Kier molecular flexibility index (Phi) is 6.19. The van der Waals surface area contributed by atoms with E-state index in [0.717, 1.165) is 24.6 Å². The third-order valence-corrected chi connectivity index (χ3v) is 4.63. The van der Waals surface area contributed by atoms with Crippen LogP contribution >= 0.6 is 0 Å². The van der Waals surface area contributed by atoms with Gasteiger partial charge in [0.15, 0.2) is 0 Å². The second-order valence-corrected chi connectivity index (χ2v) is 6.55. The van der Waals surface area contributed by atoms with E-state index in [0.29, 0.717) is 5.92 Å². The van der Waals surface area contributed by atoms with Crippen molar-refractivity contribution in [2.24, 2.45) is 11.8 Å². The van der Waals surface area contributed by atoms with Gasteiger partial charge in [-0.05, 0) is 44.3 Å². The molecule has 0 radical (unpaired) electrons. The summed E-state index contributed by atoms with van der Waals surface area (Å²) in [6.07, 6.45) is 4.15. The summed E-state index contributed by atoms with van der Waals surface area (Å²) < 4.78 is 14.1. The highest BCUT2D eigenvalue weighted by Gasteiger charge is 2.24. The molecule has 118 valence electrons. The molecule has 2 rings (SSSR count). The average Bonchev–Trinajstić information content (AvgIpc) is 2.41. The van der Waals surface area contributed by atoms with Crippen LogP contribution in [0.1, 0.15) is 44.7 Å². The van der Waals surface area contributed by atoms with Gasteiger partial charge in [0.25, 0.3) is 0 Å². The zero-order valence-electron chi connectivity index (χ0n) is 13.6. The van der Waals surface area contributed by atoms with E-state index in [4.69, 9.17) is 0 Å². The lowest BCUT2D eigenvalue weighted by Crippen LogP contribution is -2.37. The summed E-state index contributed by atoms with van der Waals surface area (Å²) in [5.74, 6) is 1.16. The maximum absolute atomic E-state index is 14.1. The van der Waals surface area contributed by atoms with E-state index in [2.05, 4.69) is 31.1 Å². The summed E-state index contributed by atoms with van der Waals surface area (Å²) in [6.45, 7) is 7.34. The molecule has 1 saturated carbocycles. The van der Waals surface area contributed by atoms with Crippen molar-refractivity contribution in [1.29, 1.82) is 0 Å². The molecule has 1 fully saturated rings. The van der Waals surface area contributed by atoms with Crippen molar-refractivity contribution < 1.29 is 4.39 Å². The van der Waals surface area contributed by atoms with Crippen molar-refractivity contribution in [3.05, 3.63) is 35.6 Å². The average molecular weight is 292 g/mol. The Morgan fingerprint density at radius 3 is 2.62 bits per heavy atom. The van der Waals surface area contributed by atoms with Crippen LogP contribution < -0.4 is 5.32 Å². The van der Waals surface area contributed by atoms with E-state index >= 15 is 0 Å². The van der Waals surface area contributed by atoms with E-state index in [1.165, 1.54) is 25.8 Å².